The van der Waals surface area contributed by atoms with E-state index in [0.717, 1.165) is 31.5 Å². The summed E-state index contributed by atoms with van der Waals surface area (Å²) in [4.78, 5) is 19.5. The third kappa shape index (κ3) is 5.21. The second-order valence-electron chi connectivity index (χ2n) is 7.52. The van der Waals surface area contributed by atoms with Crippen LogP contribution in [0.2, 0.25) is 0 Å². The first-order valence-electron chi connectivity index (χ1n) is 10.3. The molecule has 1 saturated heterocycles. The number of amides is 1. The fourth-order valence-corrected chi connectivity index (χ4v) is 3.69. The number of rotatable bonds is 7. The van der Waals surface area contributed by atoms with Crippen molar-refractivity contribution >= 4 is 11.6 Å². The van der Waals surface area contributed by atoms with E-state index >= 15 is 0 Å². The van der Waals surface area contributed by atoms with Crippen molar-refractivity contribution in [3.05, 3.63) is 54.4 Å². The van der Waals surface area contributed by atoms with Gasteiger partial charge in [0.05, 0.1) is 20.8 Å². The van der Waals surface area contributed by atoms with Crippen molar-refractivity contribution in [1.29, 1.82) is 0 Å². The summed E-state index contributed by atoms with van der Waals surface area (Å²) in [6, 6.07) is 15.1. The van der Waals surface area contributed by atoms with Crippen LogP contribution in [0.5, 0.6) is 11.5 Å². The third-order valence-electron chi connectivity index (χ3n) is 5.44. The van der Waals surface area contributed by atoms with Crippen molar-refractivity contribution < 1.29 is 18.8 Å². The Bertz CT molecular complexity index is 991. The van der Waals surface area contributed by atoms with Crippen molar-refractivity contribution in [2.45, 2.75) is 19.4 Å². The Balaban J connectivity index is 1.30. The molecule has 1 N–H and O–H groups in total. The van der Waals surface area contributed by atoms with Gasteiger partial charge in [-0.25, -0.2) is 0 Å². The zero-order valence-corrected chi connectivity index (χ0v) is 17.7. The number of methoxy groups -OCH3 is 2. The highest BCUT2D eigenvalue weighted by molar-refractivity contribution is 5.93. The fraction of sp³-hybridized carbons (Fsp3) is 0.348. The number of hydrogen-bond acceptors (Lipinski definition) is 7. The quantitative estimate of drug-likeness (QED) is 0.622. The predicted octanol–water partition coefficient (Wildman–Crippen LogP) is 3.60. The first-order valence-corrected chi connectivity index (χ1v) is 10.3. The molecule has 0 saturated carbocycles. The van der Waals surface area contributed by atoms with E-state index in [9.17, 15) is 4.79 Å². The Morgan fingerprint density at radius 2 is 1.77 bits per heavy atom. The third-order valence-corrected chi connectivity index (χ3v) is 5.44. The van der Waals surface area contributed by atoms with Gasteiger partial charge in [0.25, 0.3) is 0 Å². The van der Waals surface area contributed by atoms with Gasteiger partial charge in [-0.05, 0) is 25.9 Å². The van der Waals surface area contributed by atoms with E-state index in [2.05, 4.69) is 20.4 Å². The summed E-state index contributed by atoms with van der Waals surface area (Å²) in [5.41, 5.74) is 1.60. The number of benzene rings is 2. The molecule has 2 heterocycles. The van der Waals surface area contributed by atoms with E-state index in [-0.39, 0.29) is 11.8 Å². The van der Waals surface area contributed by atoms with Gasteiger partial charge in [0.2, 0.25) is 17.6 Å². The van der Waals surface area contributed by atoms with Crippen LogP contribution in [-0.4, -0.2) is 48.3 Å². The molecule has 1 aliphatic heterocycles. The minimum absolute atomic E-state index is 0.0131. The van der Waals surface area contributed by atoms with Crippen LogP contribution in [0, 0.1) is 5.92 Å². The number of hydrogen-bond donors (Lipinski definition) is 1. The average molecular weight is 422 g/mol. The van der Waals surface area contributed by atoms with Crippen LogP contribution in [-0.2, 0) is 11.3 Å². The van der Waals surface area contributed by atoms with Crippen LogP contribution < -0.4 is 14.8 Å². The number of likely N-dealkylation sites (tertiary alicyclic amines) is 1. The predicted molar refractivity (Wildman–Crippen MR) is 116 cm³/mol. The molecule has 0 aliphatic carbocycles. The van der Waals surface area contributed by atoms with Crippen LogP contribution in [0.1, 0.15) is 18.7 Å². The standard InChI is InChI=1S/C23H26N4O4/c1-29-19-12-18(13-20(14-19)30-2)24-23(28)17-8-10-27(11-9-17)15-21-25-22(26-31-21)16-6-4-3-5-7-16/h3-7,12-14,17H,8-11,15H2,1-2H3,(H,24,28). The summed E-state index contributed by atoms with van der Waals surface area (Å²) in [5.74, 6) is 2.43. The number of carbonyl (C=O) groups excluding carboxylic acids is 1. The maximum absolute atomic E-state index is 12.7. The van der Waals surface area contributed by atoms with E-state index in [1.165, 1.54) is 0 Å². The molecule has 0 bridgehead atoms. The van der Waals surface area contributed by atoms with Gasteiger partial charge in [-0.3, -0.25) is 9.69 Å². The van der Waals surface area contributed by atoms with E-state index in [1.807, 2.05) is 30.3 Å². The fourth-order valence-electron chi connectivity index (χ4n) is 3.69. The molecule has 3 aromatic rings. The smallest absolute Gasteiger partial charge is 0.241 e. The number of nitrogens with one attached hydrogen (secondary N) is 1. The maximum atomic E-state index is 12.7. The van der Waals surface area contributed by atoms with Gasteiger partial charge in [0, 0.05) is 35.4 Å². The molecule has 8 nitrogen and oxygen atoms in total. The minimum Gasteiger partial charge on any atom is -0.497 e. The van der Waals surface area contributed by atoms with Crippen molar-refractivity contribution in [3.63, 3.8) is 0 Å². The summed E-state index contributed by atoms with van der Waals surface area (Å²) in [6.07, 6.45) is 1.54. The molecule has 0 unspecified atom stereocenters. The lowest BCUT2D eigenvalue weighted by atomic mass is 9.96. The molecule has 1 amide bonds. The Kier molecular flexibility index (Phi) is 6.47. The number of carbonyl (C=O) groups is 1. The number of aromatic nitrogens is 2. The monoisotopic (exact) mass is 422 g/mol. The molecule has 0 spiro atoms. The molecule has 2 aromatic carbocycles. The zero-order chi connectivity index (χ0) is 21.6. The van der Waals surface area contributed by atoms with Gasteiger partial charge >= 0.3 is 0 Å². The van der Waals surface area contributed by atoms with Crippen molar-refractivity contribution in [3.8, 4) is 22.9 Å². The van der Waals surface area contributed by atoms with Crippen LogP contribution in [0.4, 0.5) is 5.69 Å². The van der Waals surface area contributed by atoms with E-state index in [1.54, 1.807) is 32.4 Å². The zero-order valence-electron chi connectivity index (χ0n) is 17.7. The first-order chi connectivity index (χ1) is 15.1. The molecule has 1 aliphatic rings. The lowest BCUT2D eigenvalue weighted by Gasteiger charge is -2.30. The van der Waals surface area contributed by atoms with Crippen LogP contribution >= 0.6 is 0 Å². The van der Waals surface area contributed by atoms with E-state index in [4.69, 9.17) is 14.0 Å². The lowest BCUT2D eigenvalue weighted by Crippen LogP contribution is -2.37. The molecule has 4 rings (SSSR count). The summed E-state index contributed by atoms with van der Waals surface area (Å²) in [6.45, 7) is 2.17. The Hall–Kier alpha value is -3.39. The molecule has 1 fully saturated rings. The molecular weight excluding hydrogens is 396 g/mol. The number of ether oxygens (including phenoxy) is 2. The summed E-state index contributed by atoms with van der Waals surface area (Å²) < 4.78 is 15.9. The second kappa shape index (κ2) is 9.61. The summed E-state index contributed by atoms with van der Waals surface area (Å²) >= 11 is 0. The average Bonchev–Trinajstić information content (AvgIpc) is 3.28. The van der Waals surface area contributed by atoms with Crippen LogP contribution in [0.15, 0.2) is 53.1 Å². The topological polar surface area (TPSA) is 89.7 Å². The van der Waals surface area contributed by atoms with Crippen LogP contribution in [0.3, 0.4) is 0 Å². The molecule has 0 atom stereocenters. The largest absolute Gasteiger partial charge is 0.497 e. The molecule has 8 heteroatoms. The highest BCUT2D eigenvalue weighted by Gasteiger charge is 2.26. The highest BCUT2D eigenvalue weighted by Crippen LogP contribution is 2.27. The van der Waals surface area contributed by atoms with Gasteiger partial charge in [0.15, 0.2) is 0 Å². The van der Waals surface area contributed by atoms with Gasteiger partial charge in [-0.2, -0.15) is 4.98 Å². The van der Waals surface area contributed by atoms with Gasteiger partial charge in [-0.1, -0.05) is 35.5 Å². The molecule has 162 valence electrons. The number of piperidine rings is 1. The van der Waals surface area contributed by atoms with Crippen molar-refractivity contribution in [1.82, 2.24) is 15.0 Å². The Morgan fingerprint density at radius 1 is 1.10 bits per heavy atom. The maximum Gasteiger partial charge on any atom is 0.241 e. The first kappa shape index (κ1) is 20.9. The van der Waals surface area contributed by atoms with Gasteiger partial charge in [-0.15, -0.1) is 0 Å². The van der Waals surface area contributed by atoms with Gasteiger partial charge in [0.1, 0.15) is 11.5 Å². The summed E-state index contributed by atoms with van der Waals surface area (Å²) in [5, 5.41) is 7.06. The van der Waals surface area contributed by atoms with Gasteiger partial charge < -0.3 is 19.3 Å². The SMILES string of the molecule is COc1cc(NC(=O)C2CCN(Cc3nc(-c4ccccc4)no3)CC2)cc(OC)c1. The van der Waals surface area contributed by atoms with E-state index in [0.29, 0.717) is 35.4 Å². The highest BCUT2D eigenvalue weighted by atomic mass is 16.5. The molecule has 0 radical (unpaired) electrons. The second-order valence-corrected chi connectivity index (χ2v) is 7.52. The molecular formula is C23H26N4O4. The summed E-state index contributed by atoms with van der Waals surface area (Å²) in [7, 11) is 3.17. The minimum atomic E-state index is -0.0454. The number of nitrogens with zero attached hydrogens (tertiary/aromatic N) is 3. The van der Waals surface area contributed by atoms with Crippen LogP contribution in [0.25, 0.3) is 11.4 Å². The lowest BCUT2D eigenvalue weighted by molar-refractivity contribution is -0.121. The van der Waals surface area contributed by atoms with E-state index < -0.39 is 0 Å². The molecule has 1 aromatic heterocycles. The normalized spacial score (nSPS) is 14.9. The van der Waals surface area contributed by atoms with Crippen molar-refractivity contribution in [2.75, 3.05) is 32.6 Å². The Labute approximate surface area is 181 Å². The number of anilines is 1. The Morgan fingerprint density at radius 3 is 2.42 bits per heavy atom. The van der Waals surface area contributed by atoms with Crippen molar-refractivity contribution in [2.24, 2.45) is 5.92 Å². The molecule has 31 heavy (non-hydrogen) atoms.